The molecule has 0 saturated carbocycles. The lowest BCUT2D eigenvalue weighted by atomic mass is 9.97. The van der Waals surface area contributed by atoms with Gasteiger partial charge in [0.1, 0.15) is 24.4 Å². The molecule has 32 heavy (non-hydrogen) atoms. The summed E-state index contributed by atoms with van der Waals surface area (Å²) in [5.41, 5.74) is 1.48. The summed E-state index contributed by atoms with van der Waals surface area (Å²) in [6.07, 6.45) is -1.94. The number of rotatable bonds is 9. The number of phenols is 1. The number of ether oxygens (including phenoxy) is 8. The smallest absolute Gasteiger partial charge is 0.203 e. The monoisotopic (exact) mass is 450 g/mol. The quantitative estimate of drug-likeness (QED) is 0.618. The maximum atomic E-state index is 10.3. The highest BCUT2D eigenvalue weighted by molar-refractivity contribution is 5.55. The molecule has 0 radical (unpaired) electrons. The van der Waals surface area contributed by atoms with Crippen molar-refractivity contribution in [2.75, 3.05) is 49.8 Å². The Labute approximate surface area is 187 Å². The van der Waals surface area contributed by atoms with Gasteiger partial charge in [0.2, 0.25) is 11.5 Å². The molecule has 3 rings (SSSR count). The van der Waals surface area contributed by atoms with Gasteiger partial charge in [0.05, 0.1) is 35.5 Å². The van der Waals surface area contributed by atoms with Crippen molar-refractivity contribution in [3.8, 4) is 34.5 Å². The lowest BCUT2D eigenvalue weighted by molar-refractivity contribution is -0.0288. The first-order valence-corrected chi connectivity index (χ1v) is 9.93. The van der Waals surface area contributed by atoms with Gasteiger partial charge in [-0.05, 0) is 35.4 Å². The van der Waals surface area contributed by atoms with Crippen molar-refractivity contribution in [1.82, 2.24) is 0 Å². The summed E-state index contributed by atoms with van der Waals surface area (Å²) in [4.78, 5) is 0. The third kappa shape index (κ3) is 4.11. The van der Waals surface area contributed by atoms with Crippen LogP contribution in [0.2, 0.25) is 0 Å². The van der Waals surface area contributed by atoms with Crippen LogP contribution in [0.1, 0.15) is 23.3 Å². The second kappa shape index (κ2) is 10.2. The molecule has 1 fully saturated rings. The largest absolute Gasteiger partial charge is 0.502 e. The van der Waals surface area contributed by atoms with E-state index in [1.54, 1.807) is 47.7 Å². The van der Waals surface area contributed by atoms with Crippen LogP contribution in [-0.4, -0.2) is 67.1 Å². The number of methoxy groups -OCH3 is 7. The highest BCUT2D eigenvalue weighted by atomic mass is 16.6. The average Bonchev–Trinajstić information content (AvgIpc) is 3.21. The van der Waals surface area contributed by atoms with Gasteiger partial charge in [-0.2, -0.15) is 0 Å². The zero-order valence-electron chi connectivity index (χ0n) is 19.3. The molecular formula is C23H30O9. The van der Waals surface area contributed by atoms with Crippen LogP contribution in [0.5, 0.6) is 34.5 Å². The van der Waals surface area contributed by atoms with Gasteiger partial charge in [0.25, 0.3) is 0 Å². The highest BCUT2D eigenvalue weighted by Crippen LogP contribution is 2.49. The molecule has 1 N–H and O–H groups in total. The maximum absolute atomic E-state index is 10.3. The minimum absolute atomic E-state index is 0.0878. The number of phenolic OH excluding ortho intramolecular Hbond substituents is 1. The molecule has 0 unspecified atom stereocenters. The average molecular weight is 450 g/mol. The molecule has 0 amide bonds. The van der Waals surface area contributed by atoms with E-state index in [0.717, 1.165) is 5.56 Å². The Morgan fingerprint density at radius 1 is 0.594 bits per heavy atom. The van der Waals surface area contributed by atoms with E-state index in [1.165, 1.54) is 14.2 Å². The Balaban J connectivity index is 2.08. The van der Waals surface area contributed by atoms with E-state index in [9.17, 15) is 5.11 Å². The zero-order chi connectivity index (χ0) is 23.4. The van der Waals surface area contributed by atoms with Crippen LogP contribution in [-0.2, 0) is 14.2 Å². The van der Waals surface area contributed by atoms with Crippen LogP contribution in [0.15, 0.2) is 24.3 Å². The second-order valence-corrected chi connectivity index (χ2v) is 7.11. The summed E-state index contributed by atoms with van der Waals surface area (Å²) >= 11 is 0. The molecule has 176 valence electrons. The third-order valence-corrected chi connectivity index (χ3v) is 5.60. The molecule has 1 heterocycles. The highest BCUT2D eigenvalue weighted by Gasteiger charge is 2.47. The minimum atomic E-state index is -0.530. The normalized spacial score (nSPS) is 22.5. The minimum Gasteiger partial charge on any atom is -0.502 e. The van der Waals surface area contributed by atoms with Gasteiger partial charge in [0.15, 0.2) is 23.0 Å². The molecule has 2 aromatic rings. The van der Waals surface area contributed by atoms with Crippen molar-refractivity contribution < 1.29 is 43.0 Å². The fourth-order valence-electron chi connectivity index (χ4n) is 4.05. The van der Waals surface area contributed by atoms with Crippen molar-refractivity contribution >= 4 is 0 Å². The first kappa shape index (κ1) is 23.8. The van der Waals surface area contributed by atoms with E-state index in [2.05, 4.69) is 0 Å². The molecule has 1 aliphatic rings. The van der Waals surface area contributed by atoms with E-state index >= 15 is 0 Å². The van der Waals surface area contributed by atoms with Crippen molar-refractivity contribution in [1.29, 1.82) is 0 Å². The van der Waals surface area contributed by atoms with Gasteiger partial charge >= 0.3 is 0 Å². The van der Waals surface area contributed by atoms with Crippen LogP contribution in [0, 0.1) is 0 Å². The number of benzene rings is 2. The van der Waals surface area contributed by atoms with E-state index in [4.69, 9.17) is 37.9 Å². The van der Waals surface area contributed by atoms with Crippen molar-refractivity contribution in [3.63, 3.8) is 0 Å². The van der Waals surface area contributed by atoms with Crippen LogP contribution in [0.3, 0.4) is 0 Å². The van der Waals surface area contributed by atoms with E-state index in [1.807, 2.05) is 12.1 Å². The Hall–Kier alpha value is -2.88. The van der Waals surface area contributed by atoms with E-state index in [-0.39, 0.29) is 17.2 Å². The Morgan fingerprint density at radius 3 is 1.28 bits per heavy atom. The molecule has 0 aliphatic carbocycles. The Morgan fingerprint density at radius 2 is 0.969 bits per heavy atom. The maximum Gasteiger partial charge on any atom is 0.203 e. The van der Waals surface area contributed by atoms with Crippen LogP contribution in [0.25, 0.3) is 0 Å². The second-order valence-electron chi connectivity index (χ2n) is 7.11. The molecule has 0 aromatic heterocycles. The first-order chi connectivity index (χ1) is 15.5. The summed E-state index contributed by atoms with van der Waals surface area (Å²) in [6.45, 7) is 0. The zero-order valence-corrected chi connectivity index (χ0v) is 19.3. The predicted octanol–water partition coefficient (Wildman–Crippen LogP) is 3.28. The molecule has 0 bridgehead atoms. The fourth-order valence-corrected chi connectivity index (χ4v) is 4.05. The molecule has 1 saturated heterocycles. The van der Waals surface area contributed by atoms with Gasteiger partial charge in [-0.15, -0.1) is 0 Å². The van der Waals surface area contributed by atoms with Crippen LogP contribution in [0.4, 0.5) is 0 Å². The van der Waals surface area contributed by atoms with Gasteiger partial charge < -0.3 is 43.0 Å². The Kier molecular flexibility index (Phi) is 7.55. The summed E-state index contributed by atoms with van der Waals surface area (Å²) < 4.78 is 45.1. The topological polar surface area (TPSA) is 94.1 Å². The van der Waals surface area contributed by atoms with E-state index in [0.29, 0.717) is 22.8 Å². The molecular weight excluding hydrogens is 420 g/mol. The number of hydrogen-bond donors (Lipinski definition) is 1. The Bertz CT molecular complexity index is 880. The molecule has 4 atom stereocenters. The standard InChI is InChI=1S/C23H30O9/c1-25-14-8-12(9-15(26-2)18(14)24)19-22(30-6)23(31-7)20(32-19)13-10-16(27-3)21(29-5)17(11-13)28-4/h8-11,19-20,22-24H,1-7H3/t19-,20-,22-,23-/m0/s1. The lowest BCUT2D eigenvalue weighted by Gasteiger charge is -2.23. The summed E-state index contributed by atoms with van der Waals surface area (Å²) in [5.74, 6) is 1.94. The van der Waals surface area contributed by atoms with Crippen LogP contribution < -0.4 is 23.7 Å². The van der Waals surface area contributed by atoms with Gasteiger partial charge in [-0.25, -0.2) is 0 Å². The summed E-state index contributed by atoms with van der Waals surface area (Å²) in [5, 5.41) is 10.3. The predicted molar refractivity (Wildman–Crippen MR) is 115 cm³/mol. The van der Waals surface area contributed by atoms with Crippen LogP contribution >= 0.6 is 0 Å². The van der Waals surface area contributed by atoms with Crippen molar-refractivity contribution in [3.05, 3.63) is 35.4 Å². The van der Waals surface area contributed by atoms with Crippen molar-refractivity contribution in [2.45, 2.75) is 24.4 Å². The van der Waals surface area contributed by atoms with Gasteiger partial charge in [-0.1, -0.05) is 0 Å². The van der Waals surface area contributed by atoms with Crippen molar-refractivity contribution in [2.24, 2.45) is 0 Å². The van der Waals surface area contributed by atoms with Gasteiger partial charge in [0, 0.05) is 14.2 Å². The molecule has 9 heteroatoms. The molecule has 2 aromatic carbocycles. The molecule has 1 aliphatic heterocycles. The molecule has 0 spiro atoms. The number of hydrogen-bond acceptors (Lipinski definition) is 9. The number of aromatic hydroxyl groups is 1. The third-order valence-electron chi connectivity index (χ3n) is 5.60. The summed E-state index contributed by atoms with van der Waals surface area (Å²) in [6, 6.07) is 7.04. The SMILES string of the molecule is COc1cc([C@@H]2O[C@@H](c3cc(OC)c(OC)c(OC)c3)[C@H](OC)[C@H]2OC)cc(OC)c1O. The fraction of sp³-hybridized carbons (Fsp3) is 0.478. The lowest BCUT2D eigenvalue weighted by Crippen LogP contribution is -2.31. The van der Waals surface area contributed by atoms with Gasteiger partial charge in [-0.3, -0.25) is 0 Å². The molecule has 9 nitrogen and oxygen atoms in total. The van der Waals surface area contributed by atoms with E-state index < -0.39 is 24.4 Å². The summed E-state index contributed by atoms with van der Waals surface area (Å²) in [7, 11) is 10.8. The first-order valence-electron chi connectivity index (χ1n) is 9.93.